The third-order valence-corrected chi connectivity index (χ3v) is 13.8. The predicted octanol–water partition coefficient (Wildman–Crippen LogP) is 6.59. The van der Waals surface area contributed by atoms with Gasteiger partial charge in [-0.05, 0) is 71.0 Å². The third kappa shape index (κ3) is 7.28. The molecule has 4 heterocycles. The first-order valence-corrected chi connectivity index (χ1v) is 22.1. The lowest BCUT2D eigenvalue weighted by Gasteiger charge is -2.27. The first-order valence-electron chi connectivity index (χ1n) is 18.7. The van der Waals surface area contributed by atoms with E-state index in [9.17, 15) is 19.2 Å². The Labute approximate surface area is 316 Å². The van der Waals surface area contributed by atoms with E-state index in [-0.39, 0.29) is 36.3 Å². The van der Waals surface area contributed by atoms with Gasteiger partial charge in [0.15, 0.2) is 0 Å². The Kier molecular flexibility index (Phi) is 10.2. The van der Waals surface area contributed by atoms with E-state index in [1.54, 1.807) is 13.8 Å². The molecular weight excluding hydrogens is 701 g/mol. The summed E-state index contributed by atoms with van der Waals surface area (Å²) in [5.74, 6) is -0.222. The van der Waals surface area contributed by atoms with Crippen molar-refractivity contribution in [2.45, 2.75) is 76.8 Å². The topological polar surface area (TPSA) is 146 Å². The van der Waals surface area contributed by atoms with Crippen LogP contribution < -0.4 is 5.32 Å². The van der Waals surface area contributed by atoms with E-state index < -0.39 is 26.1 Å². The predicted molar refractivity (Wildman–Crippen MR) is 210 cm³/mol. The Morgan fingerprint density at radius 2 is 1.67 bits per heavy atom. The molecule has 4 aromatic rings. The number of nitrogens with one attached hydrogen (secondary N) is 2. The second kappa shape index (κ2) is 14.8. The highest BCUT2D eigenvalue weighted by Crippen LogP contribution is 2.40. The molecule has 0 aliphatic carbocycles. The molecule has 0 unspecified atom stereocenters. The molecule has 13 heteroatoms. The molecule has 2 fully saturated rings. The number of methoxy groups -OCH3 is 2. The van der Waals surface area contributed by atoms with Gasteiger partial charge < -0.3 is 29.6 Å². The molecule has 12 nitrogen and oxygen atoms in total. The summed E-state index contributed by atoms with van der Waals surface area (Å²) in [5.41, 5.74) is 7.22. The number of carbonyl (C=O) groups is 4. The van der Waals surface area contributed by atoms with Crippen molar-refractivity contribution in [3.8, 4) is 22.4 Å². The minimum Gasteiger partial charge on any atom is -0.469 e. The molecule has 3 aromatic carbocycles. The van der Waals surface area contributed by atoms with E-state index in [1.165, 1.54) is 19.8 Å². The van der Waals surface area contributed by atoms with Gasteiger partial charge in [-0.3, -0.25) is 19.4 Å². The minimum atomic E-state index is -1.71. The third-order valence-electron chi connectivity index (χ3n) is 11.1. The first-order chi connectivity index (χ1) is 25.8. The summed E-state index contributed by atoms with van der Waals surface area (Å²) in [4.78, 5) is 67.4. The number of imidazole rings is 1. The average Bonchev–Trinajstić information content (AvgIpc) is 3.99. The molecule has 2 saturated heterocycles. The molecule has 7 rings (SSSR count). The number of aliphatic imine (C=N–C) groups is 1. The van der Waals surface area contributed by atoms with Crippen LogP contribution in [0, 0.1) is 5.92 Å². The van der Waals surface area contributed by atoms with Crippen LogP contribution in [0.5, 0.6) is 0 Å². The Hall–Kier alpha value is -5.30. The van der Waals surface area contributed by atoms with Crippen LogP contribution in [0.2, 0.25) is 19.1 Å². The van der Waals surface area contributed by atoms with Crippen molar-refractivity contribution in [1.29, 1.82) is 0 Å². The molecule has 1 aromatic heterocycles. The first kappa shape index (κ1) is 37.0. The van der Waals surface area contributed by atoms with Gasteiger partial charge in [0.25, 0.3) is 0 Å². The molecule has 0 bridgehead atoms. The van der Waals surface area contributed by atoms with Crippen LogP contribution in [-0.2, 0) is 30.3 Å². The van der Waals surface area contributed by atoms with E-state index in [0.29, 0.717) is 19.1 Å². The van der Waals surface area contributed by atoms with Crippen LogP contribution >= 0.6 is 0 Å². The van der Waals surface area contributed by atoms with Gasteiger partial charge in [-0.2, -0.15) is 0 Å². The fraction of sp³-hybridized carbons (Fsp3) is 0.415. The van der Waals surface area contributed by atoms with Gasteiger partial charge >= 0.3 is 12.1 Å². The van der Waals surface area contributed by atoms with Crippen molar-refractivity contribution >= 4 is 54.1 Å². The normalized spacial score (nSPS) is 20.0. The van der Waals surface area contributed by atoms with E-state index in [0.717, 1.165) is 69.3 Å². The molecule has 282 valence electrons. The molecular formula is C41H48N6O6Si. The van der Waals surface area contributed by atoms with E-state index >= 15 is 0 Å². The highest BCUT2D eigenvalue weighted by molar-refractivity contribution is 6.78. The second-order valence-electron chi connectivity index (χ2n) is 15.6. The molecule has 4 atom stereocenters. The molecule has 54 heavy (non-hydrogen) atoms. The van der Waals surface area contributed by atoms with Crippen LogP contribution in [0.25, 0.3) is 33.2 Å². The smallest absolute Gasteiger partial charge is 0.407 e. The molecule has 3 aliphatic heterocycles. The number of fused-ring (bicyclic) bond motifs is 3. The number of H-pyrrole nitrogens is 1. The maximum absolute atomic E-state index is 13.4. The molecule has 0 saturated carbocycles. The summed E-state index contributed by atoms with van der Waals surface area (Å²) >= 11 is 0. The molecule has 3 amide bonds. The SMILES string of the molecule is COC(=O)C[C@H](C)C(=O)N1CCC[C@H]1C1=Nc2ccc3cc(-c4ccc(-c5cnc([C@@H]6C[Si](C)(C)CN6C(=O)[C@@H](C)NC(=O)OC)[nH]5)cc4)ccc3c2C1. The summed E-state index contributed by atoms with van der Waals surface area (Å²) in [5, 5.41) is 4.90. The number of hydrogen-bond donors (Lipinski definition) is 2. The quantitative estimate of drug-likeness (QED) is 0.145. The van der Waals surface area contributed by atoms with Gasteiger partial charge in [-0.15, -0.1) is 0 Å². The summed E-state index contributed by atoms with van der Waals surface area (Å²) < 4.78 is 9.49. The number of aromatic nitrogens is 2. The number of likely N-dealkylation sites (tertiary alicyclic amines) is 1. The zero-order chi connectivity index (χ0) is 38.3. The number of ether oxygens (including phenoxy) is 2. The fourth-order valence-corrected chi connectivity index (χ4v) is 11.2. The van der Waals surface area contributed by atoms with Gasteiger partial charge in [-0.1, -0.05) is 62.5 Å². The number of rotatable bonds is 9. The van der Waals surface area contributed by atoms with E-state index in [4.69, 9.17) is 19.5 Å². The van der Waals surface area contributed by atoms with E-state index in [2.05, 4.69) is 78.0 Å². The number of alkyl carbamates (subject to hydrolysis) is 1. The lowest BCUT2D eigenvalue weighted by Crippen LogP contribution is -2.48. The van der Waals surface area contributed by atoms with Gasteiger partial charge in [-0.25, -0.2) is 9.78 Å². The number of amides is 3. The maximum Gasteiger partial charge on any atom is 0.407 e. The van der Waals surface area contributed by atoms with Crippen molar-refractivity contribution < 1.29 is 28.7 Å². The monoisotopic (exact) mass is 748 g/mol. The lowest BCUT2D eigenvalue weighted by atomic mass is 9.94. The van der Waals surface area contributed by atoms with Crippen molar-refractivity contribution in [2.75, 3.05) is 26.9 Å². The standard InChI is InChI=1S/C41H48N6O6Si/c1-24(18-37(48)52-3)39(49)46-17-7-8-35(46)33-20-31-30-15-13-28(19-29(30)14-16-32(31)44-33)26-9-11-27(12-10-26)34-21-42-38(45-34)36-22-54(5,6)23-47(36)40(50)25(2)43-41(51)53-4/h9-16,19,21,24-25,35-36H,7-8,17-18,20,22-23H2,1-6H3,(H,42,45)(H,43,51)/t24-,25+,35-,36-/m0/s1. The van der Waals surface area contributed by atoms with Crippen LogP contribution in [-0.4, -0.2) is 96.4 Å². The van der Waals surface area contributed by atoms with Crippen LogP contribution in [0.1, 0.15) is 50.5 Å². The van der Waals surface area contributed by atoms with Crippen LogP contribution in [0.4, 0.5) is 10.5 Å². The van der Waals surface area contributed by atoms with Gasteiger partial charge in [0.2, 0.25) is 11.8 Å². The van der Waals surface area contributed by atoms with Gasteiger partial charge in [0, 0.05) is 30.8 Å². The summed E-state index contributed by atoms with van der Waals surface area (Å²) in [6, 6.07) is 19.0. The van der Waals surface area contributed by atoms with Gasteiger partial charge in [0.1, 0.15) is 11.9 Å². The van der Waals surface area contributed by atoms with Crippen molar-refractivity contribution in [3.05, 3.63) is 72.2 Å². The van der Waals surface area contributed by atoms with Crippen LogP contribution in [0.15, 0.2) is 65.8 Å². The molecule has 3 aliphatic rings. The molecule has 0 radical (unpaired) electrons. The summed E-state index contributed by atoms with van der Waals surface area (Å²) in [7, 11) is 0.926. The van der Waals surface area contributed by atoms with Crippen molar-refractivity contribution in [1.82, 2.24) is 25.1 Å². The zero-order valence-corrected chi connectivity index (χ0v) is 32.8. The Balaban J connectivity index is 1.04. The maximum atomic E-state index is 13.4. The number of esters is 1. The number of aromatic amines is 1. The van der Waals surface area contributed by atoms with Crippen molar-refractivity contribution in [3.63, 3.8) is 0 Å². The van der Waals surface area contributed by atoms with Gasteiger partial charge in [0.05, 0.1) is 58.4 Å². The van der Waals surface area contributed by atoms with Crippen molar-refractivity contribution in [2.24, 2.45) is 10.9 Å². The lowest BCUT2D eigenvalue weighted by molar-refractivity contribution is -0.146. The average molecular weight is 749 g/mol. The number of carbonyl (C=O) groups excluding carboxylic acids is 4. The number of nitrogens with zero attached hydrogens (tertiary/aromatic N) is 4. The summed E-state index contributed by atoms with van der Waals surface area (Å²) in [6.45, 7) is 8.68. The van der Waals surface area contributed by atoms with E-state index in [1.807, 2.05) is 16.0 Å². The molecule has 2 N–H and O–H groups in total. The highest BCUT2D eigenvalue weighted by Gasteiger charge is 2.44. The second-order valence-corrected chi connectivity index (χ2v) is 20.7. The zero-order valence-electron chi connectivity index (χ0n) is 31.8. The number of benzene rings is 3. The Morgan fingerprint density at radius 1 is 0.926 bits per heavy atom. The van der Waals surface area contributed by atoms with Crippen LogP contribution in [0.3, 0.4) is 0 Å². The number of hydrogen-bond acceptors (Lipinski definition) is 8. The molecule has 0 spiro atoms. The Bertz CT molecular complexity index is 2150. The summed E-state index contributed by atoms with van der Waals surface area (Å²) in [6.07, 6.45) is 4.45. The largest absolute Gasteiger partial charge is 0.469 e. The Morgan fingerprint density at radius 3 is 2.41 bits per heavy atom. The highest BCUT2D eigenvalue weighted by atomic mass is 28.3. The minimum absolute atomic E-state index is 0.0194. The fourth-order valence-electron chi connectivity index (χ4n) is 8.29.